The van der Waals surface area contributed by atoms with Crippen molar-refractivity contribution in [2.24, 2.45) is 5.73 Å². The van der Waals surface area contributed by atoms with Crippen LogP contribution < -0.4 is 11.1 Å². The fourth-order valence-corrected chi connectivity index (χ4v) is 1.25. The van der Waals surface area contributed by atoms with E-state index in [4.69, 9.17) is 19.9 Å². The molecule has 6 heteroatoms. The number of hydrogen-bond donors (Lipinski definition) is 2. The summed E-state index contributed by atoms with van der Waals surface area (Å²) in [6.45, 7) is 6.77. The first kappa shape index (κ1) is 17.3. The molecule has 0 heterocycles. The maximum absolute atomic E-state index is 11.4. The van der Waals surface area contributed by atoms with Crippen molar-refractivity contribution in [2.45, 2.75) is 25.8 Å². The summed E-state index contributed by atoms with van der Waals surface area (Å²) >= 11 is 0. The van der Waals surface area contributed by atoms with Crippen LogP contribution in [0.5, 0.6) is 0 Å². The van der Waals surface area contributed by atoms with Crippen LogP contribution in [0.25, 0.3) is 0 Å². The Morgan fingerprint density at radius 2 is 1.83 bits per heavy atom. The summed E-state index contributed by atoms with van der Waals surface area (Å²) < 4.78 is 15.5. The number of ether oxygens (including phenoxy) is 3. The molecule has 0 aliphatic rings. The van der Waals surface area contributed by atoms with E-state index in [-0.39, 0.29) is 6.61 Å². The van der Waals surface area contributed by atoms with Gasteiger partial charge in [-0.2, -0.15) is 0 Å². The minimum Gasteiger partial charge on any atom is -0.382 e. The number of rotatable bonds is 12. The van der Waals surface area contributed by atoms with Crippen molar-refractivity contribution < 1.29 is 19.0 Å². The van der Waals surface area contributed by atoms with Crippen molar-refractivity contribution in [2.75, 3.05) is 46.7 Å². The summed E-state index contributed by atoms with van der Waals surface area (Å²) in [7, 11) is 1.62. The lowest BCUT2D eigenvalue weighted by Gasteiger charge is -2.27. The van der Waals surface area contributed by atoms with Gasteiger partial charge in [0.1, 0.15) is 5.54 Å². The van der Waals surface area contributed by atoms with E-state index in [1.807, 2.05) is 6.92 Å². The van der Waals surface area contributed by atoms with Gasteiger partial charge in [-0.1, -0.05) is 6.92 Å². The van der Waals surface area contributed by atoms with Crippen LogP contribution in [0.1, 0.15) is 20.3 Å². The second kappa shape index (κ2) is 10.3. The van der Waals surface area contributed by atoms with Gasteiger partial charge < -0.3 is 25.3 Å². The van der Waals surface area contributed by atoms with E-state index in [1.54, 1.807) is 14.0 Å². The highest BCUT2D eigenvalue weighted by Gasteiger charge is 2.30. The summed E-state index contributed by atoms with van der Waals surface area (Å²) in [5.74, 6) is -0.406. The topological polar surface area (TPSA) is 82.8 Å². The quantitative estimate of drug-likeness (QED) is 0.480. The number of nitrogens with one attached hydrogen (secondary N) is 1. The summed E-state index contributed by atoms with van der Waals surface area (Å²) in [6.07, 6.45) is 0.934. The third kappa shape index (κ3) is 7.60. The summed E-state index contributed by atoms with van der Waals surface area (Å²) in [5, 5.41) is 3.10. The molecule has 0 aliphatic heterocycles. The normalized spacial score (nSPS) is 14.4. The van der Waals surface area contributed by atoms with Crippen molar-refractivity contribution in [3.8, 4) is 0 Å². The Labute approximate surface area is 109 Å². The molecule has 18 heavy (non-hydrogen) atoms. The van der Waals surface area contributed by atoms with Gasteiger partial charge in [0.2, 0.25) is 5.91 Å². The Morgan fingerprint density at radius 3 is 2.39 bits per heavy atom. The van der Waals surface area contributed by atoms with Crippen LogP contribution in [-0.2, 0) is 19.0 Å². The van der Waals surface area contributed by atoms with Gasteiger partial charge in [-0.05, 0) is 19.9 Å². The van der Waals surface area contributed by atoms with Crippen molar-refractivity contribution in [3.63, 3.8) is 0 Å². The van der Waals surface area contributed by atoms with Gasteiger partial charge in [0.25, 0.3) is 0 Å². The van der Waals surface area contributed by atoms with Crippen molar-refractivity contribution >= 4 is 5.91 Å². The Bertz CT molecular complexity index is 226. The molecule has 0 aliphatic carbocycles. The number of carbonyl (C=O) groups is 1. The second-order valence-corrected chi connectivity index (χ2v) is 4.28. The van der Waals surface area contributed by atoms with E-state index >= 15 is 0 Å². The maximum atomic E-state index is 11.4. The smallest absolute Gasteiger partial charge is 0.239 e. The lowest BCUT2D eigenvalue weighted by molar-refractivity contribution is -0.126. The standard InChI is InChI=1S/C12H26N2O4/c1-4-5-14-12(2,11(13)15)10-18-9-8-17-7-6-16-3/h14H,4-10H2,1-3H3,(H2,13,15). The van der Waals surface area contributed by atoms with Crippen molar-refractivity contribution in [3.05, 3.63) is 0 Å². The molecule has 0 spiro atoms. The number of carbonyl (C=O) groups excluding carboxylic acids is 1. The van der Waals surface area contributed by atoms with Crippen LogP contribution >= 0.6 is 0 Å². The lowest BCUT2D eigenvalue weighted by Crippen LogP contribution is -2.56. The molecule has 108 valence electrons. The van der Waals surface area contributed by atoms with E-state index < -0.39 is 11.4 Å². The minimum atomic E-state index is -0.817. The maximum Gasteiger partial charge on any atom is 0.239 e. The molecule has 1 atom stereocenters. The molecule has 0 saturated carbocycles. The molecule has 3 N–H and O–H groups in total. The largest absolute Gasteiger partial charge is 0.382 e. The van der Waals surface area contributed by atoms with Crippen LogP contribution in [0, 0.1) is 0 Å². The van der Waals surface area contributed by atoms with Gasteiger partial charge in [-0.3, -0.25) is 4.79 Å². The highest BCUT2D eigenvalue weighted by atomic mass is 16.5. The van der Waals surface area contributed by atoms with Crippen LogP contribution in [-0.4, -0.2) is 58.1 Å². The number of amides is 1. The highest BCUT2D eigenvalue weighted by Crippen LogP contribution is 2.03. The highest BCUT2D eigenvalue weighted by molar-refractivity contribution is 5.84. The average molecular weight is 262 g/mol. The molecule has 1 unspecified atom stereocenters. The third-order valence-electron chi connectivity index (χ3n) is 2.50. The Morgan fingerprint density at radius 1 is 1.22 bits per heavy atom. The van der Waals surface area contributed by atoms with Crippen LogP contribution in [0.2, 0.25) is 0 Å². The predicted molar refractivity (Wildman–Crippen MR) is 69.4 cm³/mol. The van der Waals surface area contributed by atoms with E-state index in [9.17, 15) is 4.79 Å². The molecule has 0 aromatic rings. The Kier molecular flexibility index (Phi) is 9.86. The Balaban J connectivity index is 3.73. The van der Waals surface area contributed by atoms with Gasteiger partial charge in [0.15, 0.2) is 0 Å². The van der Waals surface area contributed by atoms with Crippen molar-refractivity contribution in [1.29, 1.82) is 0 Å². The van der Waals surface area contributed by atoms with E-state index in [0.29, 0.717) is 26.4 Å². The first-order chi connectivity index (χ1) is 8.56. The van der Waals surface area contributed by atoms with Gasteiger partial charge in [-0.15, -0.1) is 0 Å². The summed E-state index contributed by atoms with van der Waals surface area (Å²) in [6, 6.07) is 0. The molecule has 0 rings (SSSR count). The molecule has 0 radical (unpaired) electrons. The molecular formula is C12H26N2O4. The fourth-order valence-electron chi connectivity index (χ4n) is 1.25. The van der Waals surface area contributed by atoms with Gasteiger partial charge in [0, 0.05) is 7.11 Å². The molecular weight excluding hydrogens is 236 g/mol. The van der Waals surface area contributed by atoms with Crippen LogP contribution in [0.4, 0.5) is 0 Å². The van der Waals surface area contributed by atoms with E-state index in [2.05, 4.69) is 5.32 Å². The lowest BCUT2D eigenvalue weighted by atomic mass is 10.0. The predicted octanol–water partition coefficient (Wildman–Crippen LogP) is -0.0904. The summed E-state index contributed by atoms with van der Waals surface area (Å²) in [5.41, 5.74) is 4.55. The van der Waals surface area contributed by atoms with E-state index in [1.165, 1.54) is 0 Å². The first-order valence-corrected chi connectivity index (χ1v) is 6.26. The number of methoxy groups -OCH3 is 1. The number of nitrogens with two attached hydrogens (primary N) is 1. The number of primary amides is 1. The third-order valence-corrected chi connectivity index (χ3v) is 2.50. The minimum absolute atomic E-state index is 0.246. The zero-order valence-electron chi connectivity index (χ0n) is 11.7. The first-order valence-electron chi connectivity index (χ1n) is 6.26. The molecule has 1 amide bonds. The van der Waals surface area contributed by atoms with E-state index in [0.717, 1.165) is 13.0 Å². The zero-order valence-corrected chi connectivity index (χ0v) is 11.7. The van der Waals surface area contributed by atoms with Crippen LogP contribution in [0.3, 0.4) is 0 Å². The summed E-state index contributed by atoms with van der Waals surface area (Å²) in [4.78, 5) is 11.4. The van der Waals surface area contributed by atoms with Gasteiger partial charge in [-0.25, -0.2) is 0 Å². The van der Waals surface area contributed by atoms with Gasteiger partial charge >= 0.3 is 0 Å². The number of hydrogen-bond acceptors (Lipinski definition) is 5. The van der Waals surface area contributed by atoms with Gasteiger partial charge in [0.05, 0.1) is 33.0 Å². The zero-order chi connectivity index (χ0) is 13.9. The molecule has 0 bridgehead atoms. The van der Waals surface area contributed by atoms with Crippen LogP contribution in [0.15, 0.2) is 0 Å². The molecule has 0 saturated heterocycles. The fraction of sp³-hybridized carbons (Fsp3) is 0.917. The molecule has 6 nitrogen and oxygen atoms in total. The molecule has 0 aromatic heterocycles. The van der Waals surface area contributed by atoms with Crippen molar-refractivity contribution in [1.82, 2.24) is 5.32 Å². The molecule has 0 fully saturated rings. The average Bonchev–Trinajstić information content (AvgIpc) is 2.35. The molecule has 0 aromatic carbocycles. The SMILES string of the molecule is CCCNC(C)(COCCOCCOC)C(N)=O. The Hall–Kier alpha value is -0.690. The second-order valence-electron chi connectivity index (χ2n) is 4.28. The monoisotopic (exact) mass is 262 g/mol.